The molecule has 1 aromatic rings. The summed E-state index contributed by atoms with van der Waals surface area (Å²) in [5.74, 6) is 0.204. The maximum Gasteiger partial charge on any atom is 0.316 e. The predicted octanol–water partition coefficient (Wildman–Crippen LogP) is -0.0338. The molecular weight excluding hydrogens is 389 g/mol. The minimum Gasteiger partial charge on any atom is -1.00 e. The average molecular weight is 415 g/mol. The highest BCUT2D eigenvalue weighted by molar-refractivity contribution is 5.78. The van der Waals surface area contributed by atoms with E-state index in [4.69, 9.17) is 4.74 Å². The summed E-state index contributed by atoms with van der Waals surface area (Å²) in [4.78, 5) is 12.6. The first-order valence-electron chi connectivity index (χ1n) is 8.00. The van der Waals surface area contributed by atoms with Crippen molar-refractivity contribution in [2.75, 3.05) is 27.7 Å². The van der Waals surface area contributed by atoms with Gasteiger partial charge in [-0.2, -0.15) is 0 Å². The largest absolute Gasteiger partial charge is 1.00 e. The molecule has 1 aliphatic carbocycles. The molecule has 4 heteroatoms. The molecule has 2 atom stereocenters. The van der Waals surface area contributed by atoms with E-state index in [9.17, 15) is 4.79 Å². The van der Waals surface area contributed by atoms with Gasteiger partial charge in [-0.25, -0.2) is 0 Å². The Kier molecular flexibility index (Phi) is 5.22. The van der Waals surface area contributed by atoms with E-state index in [0.717, 1.165) is 23.9 Å². The monoisotopic (exact) mass is 415 g/mol. The molecule has 1 aliphatic heterocycles. The quantitative estimate of drug-likeness (QED) is 0.394. The second-order valence-corrected chi connectivity index (χ2v) is 7.66. The molecule has 1 saturated carbocycles. The molecule has 0 aromatic heterocycles. The van der Waals surface area contributed by atoms with E-state index < -0.39 is 0 Å². The zero-order valence-corrected chi connectivity index (χ0v) is 15.9. The van der Waals surface area contributed by atoms with Crippen molar-refractivity contribution >= 4 is 5.97 Å². The minimum absolute atomic E-state index is 0. The fourth-order valence-corrected chi connectivity index (χ4v) is 4.20. The zero-order chi connectivity index (χ0) is 15.1. The van der Waals surface area contributed by atoms with E-state index in [1.807, 2.05) is 6.07 Å². The van der Waals surface area contributed by atoms with Gasteiger partial charge in [0.2, 0.25) is 0 Å². The first kappa shape index (κ1) is 17.7. The predicted molar refractivity (Wildman–Crippen MR) is 82.9 cm³/mol. The lowest BCUT2D eigenvalue weighted by atomic mass is 9.75. The summed E-state index contributed by atoms with van der Waals surface area (Å²) in [6.07, 6.45) is 4.39. The average Bonchev–Trinajstić information content (AvgIpc) is 2.96. The molecule has 0 N–H and O–H groups in total. The van der Waals surface area contributed by atoms with E-state index in [-0.39, 0.29) is 47.4 Å². The molecule has 3 rings (SSSR count). The Morgan fingerprint density at radius 1 is 1.14 bits per heavy atom. The van der Waals surface area contributed by atoms with Crippen molar-refractivity contribution in [1.82, 2.24) is 0 Å². The number of nitrogens with zero attached hydrogens (tertiary/aromatic N) is 1. The van der Waals surface area contributed by atoms with E-state index in [1.54, 1.807) is 0 Å². The molecule has 2 fully saturated rings. The van der Waals surface area contributed by atoms with Gasteiger partial charge in [0.15, 0.2) is 0 Å². The van der Waals surface area contributed by atoms with E-state index in [1.165, 1.54) is 18.4 Å². The van der Waals surface area contributed by atoms with Gasteiger partial charge >= 0.3 is 5.97 Å². The van der Waals surface area contributed by atoms with E-state index in [2.05, 4.69) is 45.4 Å². The van der Waals surface area contributed by atoms with Crippen LogP contribution in [0.2, 0.25) is 0 Å². The van der Waals surface area contributed by atoms with Crippen LogP contribution >= 0.6 is 0 Å². The van der Waals surface area contributed by atoms with E-state index >= 15 is 0 Å². The topological polar surface area (TPSA) is 26.3 Å². The first-order valence-corrected chi connectivity index (χ1v) is 8.00. The van der Waals surface area contributed by atoms with Crippen molar-refractivity contribution in [3.8, 4) is 0 Å². The lowest BCUT2D eigenvalue weighted by Gasteiger charge is -2.33. The van der Waals surface area contributed by atoms with Gasteiger partial charge in [-0.15, -0.1) is 0 Å². The lowest BCUT2D eigenvalue weighted by molar-refractivity contribution is -0.872. The van der Waals surface area contributed by atoms with Crippen molar-refractivity contribution in [3.63, 3.8) is 0 Å². The summed E-state index contributed by atoms with van der Waals surface area (Å²) in [6, 6.07) is 10.5. The van der Waals surface area contributed by atoms with Crippen LogP contribution < -0.4 is 24.0 Å². The molecule has 2 aliphatic rings. The van der Waals surface area contributed by atoms with Gasteiger partial charge in [-0.3, -0.25) is 4.79 Å². The Labute approximate surface area is 150 Å². The van der Waals surface area contributed by atoms with Crippen LogP contribution in [-0.4, -0.2) is 43.7 Å². The SMILES string of the molecule is C[N+](C)(C)CC1C(=O)OC2(CCCC2)C1c1ccccc1.[I-]. The third kappa shape index (κ3) is 3.32. The summed E-state index contributed by atoms with van der Waals surface area (Å²) >= 11 is 0. The highest BCUT2D eigenvalue weighted by Gasteiger charge is 2.58. The molecule has 1 saturated heterocycles. The Hall–Kier alpha value is -0.620. The molecule has 2 unspecified atom stereocenters. The van der Waals surface area contributed by atoms with Crippen LogP contribution in [0.5, 0.6) is 0 Å². The number of carbonyl (C=O) groups excluding carboxylic acids is 1. The minimum atomic E-state index is -0.238. The van der Waals surface area contributed by atoms with Crippen LogP contribution in [0.15, 0.2) is 30.3 Å². The van der Waals surface area contributed by atoms with Gasteiger partial charge in [0, 0.05) is 5.92 Å². The molecule has 0 radical (unpaired) electrons. The highest BCUT2D eigenvalue weighted by Crippen LogP contribution is 2.53. The molecule has 1 aromatic carbocycles. The second-order valence-electron chi connectivity index (χ2n) is 7.66. The number of halogens is 1. The highest BCUT2D eigenvalue weighted by atomic mass is 127. The summed E-state index contributed by atoms with van der Waals surface area (Å²) in [5, 5.41) is 0. The summed E-state index contributed by atoms with van der Waals surface area (Å²) in [5.41, 5.74) is 1.03. The zero-order valence-electron chi connectivity index (χ0n) is 13.7. The van der Waals surface area contributed by atoms with Crippen LogP contribution in [0.3, 0.4) is 0 Å². The number of hydrogen-bond donors (Lipinski definition) is 0. The van der Waals surface area contributed by atoms with Gasteiger partial charge in [0.1, 0.15) is 11.5 Å². The van der Waals surface area contributed by atoms with E-state index in [0.29, 0.717) is 0 Å². The maximum atomic E-state index is 12.6. The molecule has 22 heavy (non-hydrogen) atoms. The smallest absolute Gasteiger partial charge is 0.316 e. The third-order valence-corrected chi connectivity index (χ3v) is 4.93. The Bertz CT molecular complexity index is 518. The number of hydrogen-bond acceptors (Lipinski definition) is 2. The number of carbonyl (C=O) groups is 1. The summed E-state index contributed by atoms with van der Waals surface area (Å²) in [6.45, 7) is 0.833. The fourth-order valence-electron chi connectivity index (χ4n) is 4.20. The van der Waals surface area contributed by atoms with Gasteiger partial charge in [0.05, 0.1) is 27.7 Å². The molecule has 0 amide bonds. The number of benzene rings is 1. The van der Waals surface area contributed by atoms with Crippen LogP contribution in [0.1, 0.15) is 37.2 Å². The van der Waals surface area contributed by atoms with Crippen LogP contribution in [0, 0.1) is 5.92 Å². The Balaban J connectivity index is 0.00000176. The summed E-state index contributed by atoms with van der Waals surface area (Å²) < 4.78 is 6.78. The number of quaternary nitrogens is 1. The van der Waals surface area contributed by atoms with Crippen molar-refractivity contribution in [1.29, 1.82) is 0 Å². The van der Waals surface area contributed by atoms with Crippen molar-refractivity contribution in [3.05, 3.63) is 35.9 Å². The van der Waals surface area contributed by atoms with Gasteiger partial charge in [-0.1, -0.05) is 30.3 Å². The first-order chi connectivity index (χ1) is 9.91. The van der Waals surface area contributed by atoms with Crippen LogP contribution in [0.25, 0.3) is 0 Å². The number of ether oxygens (including phenoxy) is 1. The molecule has 3 nitrogen and oxygen atoms in total. The Morgan fingerprint density at radius 2 is 1.73 bits per heavy atom. The molecular formula is C18H26INO2. The van der Waals surface area contributed by atoms with Crippen LogP contribution in [0.4, 0.5) is 0 Å². The Morgan fingerprint density at radius 3 is 2.27 bits per heavy atom. The lowest BCUT2D eigenvalue weighted by Crippen LogP contribution is -3.00. The van der Waals surface area contributed by atoms with Crippen molar-refractivity contribution < 1.29 is 38.0 Å². The van der Waals surface area contributed by atoms with Gasteiger partial charge < -0.3 is 33.2 Å². The second kappa shape index (κ2) is 6.48. The number of esters is 1. The van der Waals surface area contributed by atoms with Crippen LogP contribution in [-0.2, 0) is 9.53 Å². The standard InChI is InChI=1S/C18H26NO2.HI/c1-19(2,3)13-15-16(14-9-5-4-6-10-14)18(21-17(15)20)11-7-8-12-18;/h4-6,9-10,15-16H,7-8,11-13H2,1-3H3;1H/q+1;/p-1. The maximum absolute atomic E-state index is 12.6. The van der Waals surface area contributed by atoms with Gasteiger partial charge in [-0.05, 0) is 31.2 Å². The summed E-state index contributed by atoms with van der Waals surface area (Å²) in [7, 11) is 6.44. The van der Waals surface area contributed by atoms with Gasteiger partial charge in [0.25, 0.3) is 0 Å². The molecule has 1 heterocycles. The molecule has 122 valence electrons. The fraction of sp³-hybridized carbons (Fsp3) is 0.611. The molecule has 0 bridgehead atoms. The van der Waals surface area contributed by atoms with Crippen molar-refractivity contribution in [2.45, 2.75) is 37.2 Å². The number of rotatable bonds is 3. The molecule has 1 spiro atoms. The normalized spacial score (nSPS) is 26.8. The van der Waals surface area contributed by atoms with Crippen molar-refractivity contribution in [2.24, 2.45) is 5.92 Å². The third-order valence-electron chi connectivity index (χ3n) is 4.93.